The normalized spacial score (nSPS) is 20.5. The number of nitrogens with two attached hydrogens (primary N) is 1. The average Bonchev–Trinajstić information content (AvgIpc) is 3.27. The first-order valence-electron chi connectivity index (χ1n) is 10.6. The molecule has 2 aliphatic rings. The molecule has 0 aliphatic carbocycles. The Labute approximate surface area is 177 Å². The molecule has 2 amide bonds. The highest BCUT2D eigenvalue weighted by molar-refractivity contribution is 5.96. The van der Waals surface area contributed by atoms with Crippen LogP contribution in [0, 0.1) is 25.7 Å². The number of carbonyl (C=O) groups excluding carboxylic acids is 2. The second kappa shape index (κ2) is 8.42. The molecule has 2 N–H and O–H groups in total. The number of fused-ring (bicyclic) bond motifs is 1. The molecule has 2 unspecified atom stereocenters. The predicted octanol–water partition coefficient (Wildman–Crippen LogP) is 2.11. The summed E-state index contributed by atoms with van der Waals surface area (Å²) in [6, 6.07) is 8.56. The van der Waals surface area contributed by atoms with E-state index in [1.54, 1.807) is 0 Å². The van der Waals surface area contributed by atoms with Gasteiger partial charge < -0.3 is 15.5 Å². The highest BCUT2D eigenvalue weighted by atomic mass is 16.2. The molecule has 0 bridgehead atoms. The molecule has 2 aromatic rings. The summed E-state index contributed by atoms with van der Waals surface area (Å²) in [5.74, 6) is 0.781. The van der Waals surface area contributed by atoms with Crippen LogP contribution in [0.5, 0.6) is 0 Å². The number of benzene rings is 1. The van der Waals surface area contributed by atoms with Crippen molar-refractivity contribution in [3.63, 3.8) is 0 Å². The third-order valence-electron chi connectivity index (χ3n) is 6.38. The van der Waals surface area contributed by atoms with Crippen LogP contribution in [-0.4, -0.2) is 52.9 Å². The molecule has 158 valence electrons. The van der Waals surface area contributed by atoms with E-state index < -0.39 is 0 Å². The molecular formula is C23H29N5O2. The van der Waals surface area contributed by atoms with Crippen LogP contribution in [0.15, 0.2) is 30.6 Å². The van der Waals surface area contributed by atoms with Crippen molar-refractivity contribution < 1.29 is 9.59 Å². The third kappa shape index (κ3) is 4.15. The molecule has 0 spiro atoms. The number of hydrogen-bond acceptors (Lipinski definition) is 5. The molecule has 4 rings (SSSR count). The van der Waals surface area contributed by atoms with E-state index in [0.29, 0.717) is 23.8 Å². The summed E-state index contributed by atoms with van der Waals surface area (Å²) in [5.41, 5.74) is 9.85. The van der Waals surface area contributed by atoms with Crippen LogP contribution in [0.4, 0.5) is 5.69 Å². The topological polar surface area (TPSA) is 92.4 Å². The summed E-state index contributed by atoms with van der Waals surface area (Å²) in [4.78, 5) is 36.8. The van der Waals surface area contributed by atoms with Crippen LogP contribution in [0.1, 0.15) is 40.2 Å². The van der Waals surface area contributed by atoms with Gasteiger partial charge in [0.2, 0.25) is 5.91 Å². The monoisotopic (exact) mass is 407 g/mol. The highest BCUT2D eigenvalue weighted by Crippen LogP contribution is 2.35. The van der Waals surface area contributed by atoms with E-state index in [9.17, 15) is 9.59 Å². The molecule has 0 radical (unpaired) electrons. The standard InChI is InChI=1S/C23H29N5O2/c1-15-22(16(2)26-14-25-15)23(30)28-12-18-10-27(11-19(18)13-28)20-7-3-5-17(9-20)6-4-8-21(24)29/h3,5,7,9,14,18-19H,4,6,8,10-13H2,1-2H3,(H2,24,29). The van der Waals surface area contributed by atoms with Crippen LogP contribution in [0.25, 0.3) is 0 Å². The van der Waals surface area contributed by atoms with Crippen molar-refractivity contribution in [2.75, 3.05) is 31.1 Å². The fourth-order valence-corrected chi connectivity index (χ4v) is 4.81. The number of rotatable bonds is 6. The molecule has 3 heterocycles. The van der Waals surface area contributed by atoms with Gasteiger partial charge in [-0.25, -0.2) is 9.97 Å². The summed E-state index contributed by atoms with van der Waals surface area (Å²) < 4.78 is 0. The van der Waals surface area contributed by atoms with E-state index in [2.05, 4.69) is 39.1 Å². The van der Waals surface area contributed by atoms with Crippen LogP contribution >= 0.6 is 0 Å². The van der Waals surface area contributed by atoms with Gasteiger partial charge in [0, 0.05) is 50.1 Å². The third-order valence-corrected chi connectivity index (χ3v) is 6.38. The molecule has 1 aromatic carbocycles. The molecule has 30 heavy (non-hydrogen) atoms. The van der Waals surface area contributed by atoms with Gasteiger partial charge in [-0.05, 0) is 44.4 Å². The van der Waals surface area contributed by atoms with Crippen LogP contribution in [0.3, 0.4) is 0 Å². The van der Waals surface area contributed by atoms with E-state index in [-0.39, 0.29) is 11.8 Å². The molecule has 2 atom stereocenters. The lowest BCUT2D eigenvalue weighted by Crippen LogP contribution is -2.34. The van der Waals surface area contributed by atoms with Gasteiger partial charge >= 0.3 is 0 Å². The Hall–Kier alpha value is -2.96. The first-order valence-corrected chi connectivity index (χ1v) is 10.6. The Morgan fingerprint density at radius 1 is 1.07 bits per heavy atom. The second-order valence-corrected chi connectivity index (χ2v) is 8.54. The van der Waals surface area contributed by atoms with Gasteiger partial charge in [-0.1, -0.05) is 12.1 Å². The first-order chi connectivity index (χ1) is 14.4. The van der Waals surface area contributed by atoms with E-state index in [4.69, 9.17) is 5.73 Å². The van der Waals surface area contributed by atoms with Gasteiger partial charge in [-0.3, -0.25) is 9.59 Å². The summed E-state index contributed by atoms with van der Waals surface area (Å²) in [6.07, 6.45) is 3.58. The van der Waals surface area contributed by atoms with Crippen molar-refractivity contribution >= 4 is 17.5 Å². The van der Waals surface area contributed by atoms with Crippen molar-refractivity contribution in [1.82, 2.24) is 14.9 Å². The smallest absolute Gasteiger partial charge is 0.257 e. The van der Waals surface area contributed by atoms with Crippen LogP contribution in [0.2, 0.25) is 0 Å². The Morgan fingerprint density at radius 2 is 1.73 bits per heavy atom. The second-order valence-electron chi connectivity index (χ2n) is 8.54. The van der Waals surface area contributed by atoms with E-state index >= 15 is 0 Å². The van der Waals surface area contributed by atoms with Gasteiger partial charge in [0.25, 0.3) is 5.91 Å². The predicted molar refractivity (Wildman–Crippen MR) is 115 cm³/mol. The molecule has 2 aliphatic heterocycles. The van der Waals surface area contributed by atoms with E-state index in [1.165, 1.54) is 17.6 Å². The van der Waals surface area contributed by atoms with E-state index in [1.807, 2.05) is 18.7 Å². The van der Waals surface area contributed by atoms with Gasteiger partial charge in [0.05, 0.1) is 17.0 Å². The Balaban J connectivity index is 1.38. The number of anilines is 1. The van der Waals surface area contributed by atoms with Gasteiger partial charge in [-0.2, -0.15) is 0 Å². The van der Waals surface area contributed by atoms with Crippen molar-refractivity contribution in [2.45, 2.75) is 33.1 Å². The minimum absolute atomic E-state index is 0.0583. The summed E-state index contributed by atoms with van der Waals surface area (Å²) in [7, 11) is 0. The largest absolute Gasteiger partial charge is 0.371 e. The SMILES string of the molecule is Cc1ncnc(C)c1C(=O)N1CC2CN(c3cccc(CCCC(N)=O)c3)CC2C1. The zero-order chi connectivity index (χ0) is 21.3. The average molecular weight is 408 g/mol. The van der Waals surface area contributed by atoms with Gasteiger partial charge in [0.15, 0.2) is 0 Å². The van der Waals surface area contributed by atoms with Gasteiger partial charge in [0.1, 0.15) is 6.33 Å². The number of nitrogens with zero attached hydrogens (tertiary/aromatic N) is 4. The molecule has 2 saturated heterocycles. The summed E-state index contributed by atoms with van der Waals surface area (Å²) in [5, 5.41) is 0. The lowest BCUT2D eigenvalue weighted by Gasteiger charge is -2.24. The maximum atomic E-state index is 13.1. The number of primary amides is 1. The summed E-state index contributed by atoms with van der Waals surface area (Å²) >= 11 is 0. The van der Waals surface area contributed by atoms with Crippen LogP contribution < -0.4 is 10.6 Å². The zero-order valence-corrected chi connectivity index (χ0v) is 17.7. The number of amides is 2. The minimum Gasteiger partial charge on any atom is -0.371 e. The molecule has 0 saturated carbocycles. The van der Waals surface area contributed by atoms with Crippen molar-refractivity contribution in [2.24, 2.45) is 17.6 Å². The van der Waals surface area contributed by atoms with Gasteiger partial charge in [-0.15, -0.1) is 0 Å². The highest BCUT2D eigenvalue weighted by Gasteiger charge is 2.42. The maximum absolute atomic E-state index is 13.1. The molecule has 7 heteroatoms. The van der Waals surface area contributed by atoms with Crippen LogP contribution in [-0.2, 0) is 11.2 Å². The number of aromatic nitrogens is 2. The Morgan fingerprint density at radius 3 is 2.37 bits per heavy atom. The first kappa shape index (κ1) is 20.3. The number of aryl methyl sites for hydroxylation is 3. The van der Waals surface area contributed by atoms with Crippen molar-refractivity contribution in [3.8, 4) is 0 Å². The molecular weight excluding hydrogens is 378 g/mol. The van der Waals surface area contributed by atoms with Crippen molar-refractivity contribution in [1.29, 1.82) is 0 Å². The maximum Gasteiger partial charge on any atom is 0.257 e. The fraction of sp³-hybridized carbons (Fsp3) is 0.478. The number of hydrogen-bond donors (Lipinski definition) is 1. The number of carbonyl (C=O) groups is 2. The molecule has 2 fully saturated rings. The number of likely N-dealkylation sites (tertiary alicyclic amines) is 1. The lowest BCUT2D eigenvalue weighted by atomic mass is 10.0. The van der Waals surface area contributed by atoms with E-state index in [0.717, 1.165) is 50.4 Å². The van der Waals surface area contributed by atoms with Crippen molar-refractivity contribution in [3.05, 3.63) is 53.1 Å². The quantitative estimate of drug-likeness (QED) is 0.792. The molecule has 1 aromatic heterocycles. The summed E-state index contributed by atoms with van der Waals surface area (Å²) in [6.45, 7) is 7.23. The minimum atomic E-state index is -0.245. The Kier molecular flexibility index (Phi) is 5.70. The Bertz CT molecular complexity index is 926. The zero-order valence-electron chi connectivity index (χ0n) is 17.7. The molecule has 7 nitrogen and oxygen atoms in total. The fourth-order valence-electron chi connectivity index (χ4n) is 4.81. The lowest BCUT2D eigenvalue weighted by molar-refractivity contribution is -0.118.